The molecule has 0 spiro atoms. The molecule has 0 aromatic heterocycles. The molecule has 0 saturated carbocycles. The Labute approximate surface area is 115 Å². The molecule has 0 bridgehead atoms. The van der Waals surface area contributed by atoms with Crippen LogP contribution in [-0.2, 0) is 11.2 Å². The van der Waals surface area contributed by atoms with Gasteiger partial charge < -0.3 is 16.2 Å². The number of aliphatic hydroxyl groups is 1. The summed E-state index contributed by atoms with van der Waals surface area (Å²) in [6.45, 7) is 3.85. The Bertz CT molecular complexity index is 379. The number of rotatable bonds is 7. The Morgan fingerprint density at radius 2 is 1.95 bits per heavy atom. The summed E-state index contributed by atoms with van der Waals surface area (Å²) in [6, 6.07) is 9.20. The van der Waals surface area contributed by atoms with Gasteiger partial charge in [-0.15, -0.1) is 0 Å². The first-order valence-electron chi connectivity index (χ1n) is 6.75. The lowest BCUT2D eigenvalue weighted by atomic mass is 10.0. The molecule has 0 heterocycles. The summed E-state index contributed by atoms with van der Waals surface area (Å²) in [7, 11) is 0. The first-order valence-corrected chi connectivity index (χ1v) is 6.75. The van der Waals surface area contributed by atoms with E-state index in [1.54, 1.807) is 0 Å². The molecule has 106 valence electrons. The van der Waals surface area contributed by atoms with Crippen LogP contribution in [0.5, 0.6) is 0 Å². The van der Waals surface area contributed by atoms with Crippen molar-refractivity contribution in [2.75, 3.05) is 6.61 Å². The number of aryl methyl sites for hydroxylation is 1. The molecule has 4 heteroatoms. The van der Waals surface area contributed by atoms with Crippen LogP contribution >= 0.6 is 0 Å². The minimum atomic E-state index is -0.534. The Morgan fingerprint density at radius 1 is 1.32 bits per heavy atom. The van der Waals surface area contributed by atoms with Crippen molar-refractivity contribution in [2.45, 2.75) is 38.8 Å². The van der Waals surface area contributed by atoms with Crippen LogP contribution in [0.1, 0.15) is 25.8 Å². The average molecular weight is 264 g/mol. The van der Waals surface area contributed by atoms with E-state index in [0.29, 0.717) is 6.42 Å². The number of carbonyl (C=O) groups is 1. The third-order valence-electron chi connectivity index (χ3n) is 3.25. The van der Waals surface area contributed by atoms with E-state index in [9.17, 15) is 9.90 Å². The van der Waals surface area contributed by atoms with Crippen molar-refractivity contribution in [1.29, 1.82) is 0 Å². The first-order chi connectivity index (χ1) is 9.04. The maximum Gasteiger partial charge on any atom is 0.237 e. The molecule has 0 fully saturated rings. The second-order valence-electron chi connectivity index (χ2n) is 5.17. The lowest BCUT2D eigenvalue weighted by Gasteiger charge is -2.22. The molecule has 1 unspecified atom stereocenters. The molecule has 1 aromatic carbocycles. The fourth-order valence-electron chi connectivity index (χ4n) is 1.81. The van der Waals surface area contributed by atoms with Gasteiger partial charge in [-0.3, -0.25) is 4.79 Å². The second-order valence-corrected chi connectivity index (χ2v) is 5.17. The summed E-state index contributed by atoms with van der Waals surface area (Å²) >= 11 is 0. The van der Waals surface area contributed by atoms with E-state index in [1.807, 2.05) is 44.2 Å². The fourth-order valence-corrected chi connectivity index (χ4v) is 1.81. The summed E-state index contributed by atoms with van der Waals surface area (Å²) in [5, 5.41) is 12.0. The Kier molecular flexibility index (Phi) is 6.53. The van der Waals surface area contributed by atoms with Gasteiger partial charge in [-0.2, -0.15) is 0 Å². The number of aliphatic hydroxyl groups excluding tert-OH is 1. The molecule has 0 aliphatic carbocycles. The monoisotopic (exact) mass is 264 g/mol. The standard InChI is InChI=1S/C15H24N2O2/c1-11(2)14(10-18)17-15(19)13(16)9-8-12-6-4-3-5-7-12/h3-7,11,13-14,18H,8-10,16H2,1-2H3,(H,17,19)/t13?,14-/m1/s1. The minimum Gasteiger partial charge on any atom is -0.394 e. The number of amides is 1. The van der Waals surface area contributed by atoms with Crippen molar-refractivity contribution in [3.63, 3.8) is 0 Å². The van der Waals surface area contributed by atoms with Gasteiger partial charge in [0.2, 0.25) is 5.91 Å². The maximum atomic E-state index is 11.9. The van der Waals surface area contributed by atoms with Gasteiger partial charge in [0.15, 0.2) is 0 Å². The van der Waals surface area contributed by atoms with Crippen molar-refractivity contribution in [3.05, 3.63) is 35.9 Å². The molecule has 4 nitrogen and oxygen atoms in total. The molecule has 1 aromatic rings. The predicted octanol–water partition coefficient (Wildman–Crippen LogP) is 1.08. The zero-order valence-corrected chi connectivity index (χ0v) is 11.7. The molecule has 0 saturated heterocycles. The molecule has 2 atom stereocenters. The van der Waals surface area contributed by atoms with Crippen LogP contribution in [0.25, 0.3) is 0 Å². The van der Waals surface area contributed by atoms with Gasteiger partial charge in [0.05, 0.1) is 18.7 Å². The SMILES string of the molecule is CC(C)[C@@H](CO)NC(=O)C(N)CCc1ccccc1. The highest BCUT2D eigenvalue weighted by Crippen LogP contribution is 2.05. The van der Waals surface area contributed by atoms with E-state index in [4.69, 9.17) is 5.73 Å². The molecule has 0 radical (unpaired) electrons. The number of benzene rings is 1. The van der Waals surface area contributed by atoms with Crippen LogP contribution in [0.15, 0.2) is 30.3 Å². The largest absolute Gasteiger partial charge is 0.394 e. The van der Waals surface area contributed by atoms with Gasteiger partial charge in [0, 0.05) is 0 Å². The van der Waals surface area contributed by atoms with E-state index in [1.165, 1.54) is 5.56 Å². The van der Waals surface area contributed by atoms with E-state index in [2.05, 4.69) is 5.32 Å². The zero-order chi connectivity index (χ0) is 14.3. The fraction of sp³-hybridized carbons (Fsp3) is 0.533. The third kappa shape index (κ3) is 5.41. The quantitative estimate of drug-likeness (QED) is 0.690. The molecule has 19 heavy (non-hydrogen) atoms. The van der Waals surface area contributed by atoms with Gasteiger partial charge in [-0.05, 0) is 24.3 Å². The Hall–Kier alpha value is -1.39. The maximum absolute atomic E-state index is 11.9. The lowest BCUT2D eigenvalue weighted by Crippen LogP contribution is -2.48. The molecule has 0 aliphatic rings. The van der Waals surface area contributed by atoms with Crippen molar-refractivity contribution >= 4 is 5.91 Å². The zero-order valence-electron chi connectivity index (χ0n) is 11.7. The first kappa shape index (κ1) is 15.7. The smallest absolute Gasteiger partial charge is 0.237 e. The Balaban J connectivity index is 2.40. The second kappa shape index (κ2) is 7.92. The van der Waals surface area contributed by atoms with Crippen LogP contribution in [-0.4, -0.2) is 29.7 Å². The van der Waals surface area contributed by atoms with Crippen molar-refractivity contribution in [3.8, 4) is 0 Å². The highest BCUT2D eigenvalue weighted by atomic mass is 16.3. The average Bonchev–Trinajstić information content (AvgIpc) is 2.42. The van der Waals surface area contributed by atoms with Crippen molar-refractivity contribution < 1.29 is 9.90 Å². The minimum absolute atomic E-state index is 0.0607. The molecular weight excluding hydrogens is 240 g/mol. The van der Waals surface area contributed by atoms with E-state index in [-0.39, 0.29) is 24.5 Å². The van der Waals surface area contributed by atoms with Crippen molar-refractivity contribution in [2.24, 2.45) is 11.7 Å². The highest BCUT2D eigenvalue weighted by molar-refractivity contribution is 5.81. The van der Waals surface area contributed by atoms with Crippen LogP contribution in [0.2, 0.25) is 0 Å². The summed E-state index contributed by atoms with van der Waals surface area (Å²) < 4.78 is 0. The van der Waals surface area contributed by atoms with Crippen LogP contribution in [0.3, 0.4) is 0 Å². The number of nitrogens with one attached hydrogen (secondary N) is 1. The van der Waals surface area contributed by atoms with Crippen LogP contribution in [0, 0.1) is 5.92 Å². The summed E-state index contributed by atoms with van der Waals surface area (Å²) in [4.78, 5) is 11.9. The molecule has 1 amide bonds. The number of hydrogen-bond donors (Lipinski definition) is 3. The molecular formula is C15H24N2O2. The number of hydrogen-bond acceptors (Lipinski definition) is 3. The van der Waals surface area contributed by atoms with Gasteiger partial charge in [0.1, 0.15) is 0 Å². The van der Waals surface area contributed by atoms with Crippen LogP contribution in [0.4, 0.5) is 0 Å². The summed E-state index contributed by atoms with van der Waals surface area (Å²) in [5.41, 5.74) is 7.05. The normalized spacial score (nSPS) is 14.2. The topological polar surface area (TPSA) is 75.3 Å². The van der Waals surface area contributed by atoms with Gasteiger partial charge in [-0.1, -0.05) is 44.2 Å². The van der Waals surface area contributed by atoms with Crippen molar-refractivity contribution in [1.82, 2.24) is 5.32 Å². The van der Waals surface area contributed by atoms with Gasteiger partial charge in [0.25, 0.3) is 0 Å². The van der Waals surface area contributed by atoms with Gasteiger partial charge >= 0.3 is 0 Å². The lowest BCUT2D eigenvalue weighted by molar-refractivity contribution is -0.123. The summed E-state index contributed by atoms with van der Waals surface area (Å²) in [5.74, 6) is -0.000968. The Morgan fingerprint density at radius 3 is 2.47 bits per heavy atom. The van der Waals surface area contributed by atoms with Crippen LogP contribution < -0.4 is 11.1 Å². The van der Waals surface area contributed by atoms with E-state index >= 15 is 0 Å². The molecule has 4 N–H and O–H groups in total. The van der Waals surface area contributed by atoms with E-state index < -0.39 is 6.04 Å². The number of nitrogens with two attached hydrogens (primary N) is 1. The molecule has 0 aliphatic heterocycles. The van der Waals surface area contributed by atoms with Gasteiger partial charge in [-0.25, -0.2) is 0 Å². The highest BCUT2D eigenvalue weighted by Gasteiger charge is 2.19. The number of carbonyl (C=O) groups excluding carboxylic acids is 1. The third-order valence-corrected chi connectivity index (χ3v) is 3.25. The van der Waals surface area contributed by atoms with E-state index in [0.717, 1.165) is 6.42 Å². The summed E-state index contributed by atoms with van der Waals surface area (Å²) in [6.07, 6.45) is 1.38. The molecule has 1 rings (SSSR count). The predicted molar refractivity (Wildman–Crippen MR) is 76.6 cm³/mol.